The molecule has 1 N–H and O–H groups in total. The van der Waals surface area contributed by atoms with Crippen LogP contribution in [0.2, 0.25) is 5.02 Å². The Morgan fingerprint density at radius 1 is 1.37 bits per heavy atom. The lowest BCUT2D eigenvalue weighted by atomic mass is 10.3. The van der Waals surface area contributed by atoms with E-state index in [2.05, 4.69) is 15.3 Å². The first-order valence-electron chi connectivity index (χ1n) is 5.22. The highest BCUT2D eigenvalue weighted by Crippen LogP contribution is 2.19. The minimum atomic E-state index is -0.552. The predicted molar refractivity (Wildman–Crippen MR) is 67.9 cm³/mol. The van der Waals surface area contributed by atoms with Gasteiger partial charge in [-0.1, -0.05) is 11.6 Å². The Labute approximate surface area is 113 Å². The molecule has 2 aromatic rings. The zero-order chi connectivity index (χ0) is 13.8. The third kappa shape index (κ3) is 3.17. The Morgan fingerprint density at radius 3 is 2.84 bits per heavy atom. The highest BCUT2D eigenvalue weighted by molar-refractivity contribution is 6.31. The van der Waals surface area contributed by atoms with Gasteiger partial charge < -0.3 is 10.1 Å². The summed E-state index contributed by atoms with van der Waals surface area (Å²) in [5, 5.41) is 2.47. The zero-order valence-corrected chi connectivity index (χ0v) is 10.6. The maximum Gasteiger partial charge on any atom is 0.274 e. The largest absolute Gasteiger partial charge is 0.481 e. The van der Waals surface area contributed by atoms with Gasteiger partial charge in [0.15, 0.2) is 0 Å². The van der Waals surface area contributed by atoms with Crippen LogP contribution in [-0.2, 0) is 0 Å². The van der Waals surface area contributed by atoms with Crippen LogP contribution in [0.15, 0.2) is 30.6 Å². The average molecular weight is 282 g/mol. The van der Waals surface area contributed by atoms with Crippen molar-refractivity contribution >= 4 is 23.2 Å². The fourth-order valence-corrected chi connectivity index (χ4v) is 1.52. The van der Waals surface area contributed by atoms with Crippen LogP contribution in [0.25, 0.3) is 0 Å². The Morgan fingerprint density at radius 2 is 2.16 bits per heavy atom. The molecule has 0 aliphatic rings. The first-order chi connectivity index (χ1) is 9.10. The number of hydrogen-bond acceptors (Lipinski definition) is 4. The van der Waals surface area contributed by atoms with Gasteiger partial charge in [-0.3, -0.25) is 4.79 Å². The van der Waals surface area contributed by atoms with Gasteiger partial charge in [0.25, 0.3) is 5.91 Å². The van der Waals surface area contributed by atoms with Crippen molar-refractivity contribution in [3.63, 3.8) is 0 Å². The Balaban J connectivity index is 2.18. The normalized spacial score (nSPS) is 10.1. The quantitative estimate of drug-likeness (QED) is 0.939. The molecule has 0 radical (unpaired) electrons. The standard InChI is InChI=1S/C12H9ClFN3O2/c1-19-11-5-10(15-6-16-11)12(18)17-7-2-3-9(14)8(13)4-7/h2-6H,1H3,(H,17,18). The minimum Gasteiger partial charge on any atom is -0.481 e. The van der Waals surface area contributed by atoms with Gasteiger partial charge in [0.2, 0.25) is 5.88 Å². The molecule has 1 aromatic carbocycles. The molecule has 0 unspecified atom stereocenters. The molecule has 1 amide bonds. The lowest BCUT2D eigenvalue weighted by molar-refractivity contribution is 0.102. The van der Waals surface area contributed by atoms with Crippen molar-refractivity contribution in [1.29, 1.82) is 0 Å². The van der Waals surface area contributed by atoms with Crippen LogP contribution >= 0.6 is 11.6 Å². The number of methoxy groups -OCH3 is 1. The van der Waals surface area contributed by atoms with Crippen molar-refractivity contribution in [2.24, 2.45) is 0 Å². The lowest BCUT2D eigenvalue weighted by Crippen LogP contribution is -2.14. The molecule has 19 heavy (non-hydrogen) atoms. The smallest absolute Gasteiger partial charge is 0.274 e. The van der Waals surface area contributed by atoms with Crippen molar-refractivity contribution in [2.45, 2.75) is 0 Å². The fraction of sp³-hybridized carbons (Fsp3) is 0.0833. The molecular formula is C12H9ClFN3O2. The van der Waals surface area contributed by atoms with Gasteiger partial charge >= 0.3 is 0 Å². The molecule has 0 saturated carbocycles. The van der Waals surface area contributed by atoms with Gasteiger partial charge in [-0.15, -0.1) is 0 Å². The molecule has 1 heterocycles. The number of rotatable bonds is 3. The van der Waals surface area contributed by atoms with Gasteiger partial charge in [-0.25, -0.2) is 14.4 Å². The molecular weight excluding hydrogens is 273 g/mol. The molecule has 0 bridgehead atoms. The van der Waals surface area contributed by atoms with Crippen LogP contribution in [0.1, 0.15) is 10.5 Å². The van der Waals surface area contributed by atoms with E-state index in [1.54, 1.807) is 0 Å². The number of nitrogens with zero attached hydrogens (tertiary/aromatic N) is 2. The first kappa shape index (κ1) is 13.2. The van der Waals surface area contributed by atoms with Crippen LogP contribution in [0.5, 0.6) is 5.88 Å². The van der Waals surface area contributed by atoms with E-state index in [9.17, 15) is 9.18 Å². The zero-order valence-electron chi connectivity index (χ0n) is 9.85. The van der Waals surface area contributed by atoms with E-state index in [0.717, 1.165) is 0 Å². The summed E-state index contributed by atoms with van der Waals surface area (Å²) in [6, 6.07) is 5.27. The maximum atomic E-state index is 13.0. The van der Waals surface area contributed by atoms with Gasteiger partial charge in [-0.05, 0) is 18.2 Å². The van der Waals surface area contributed by atoms with E-state index in [-0.39, 0.29) is 16.6 Å². The monoisotopic (exact) mass is 281 g/mol. The number of anilines is 1. The Hall–Kier alpha value is -2.21. The van der Waals surface area contributed by atoms with Crippen LogP contribution in [0, 0.1) is 5.82 Å². The van der Waals surface area contributed by atoms with Crippen LogP contribution in [0.4, 0.5) is 10.1 Å². The lowest BCUT2D eigenvalue weighted by Gasteiger charge is -2.06. The number of ether oxygens (including phenoxy) is 1. The number of aromatic nitrogens is 2. The second-order valence-corrected chi connectivity index (χ2v) is 3.94. The van der Waals surface area contributed by atoms with E-state index < -0.39 is 11.7 Å². The summed E-state index contributed by atoms with van der Waals surface area (Å²) < 4.78 is 17.9. The Bertz CT molecular complexity index is 622. The average Bonchev–Trinajstić information content (AvgIpc) is 2.43. The number of halogens is 2. The Kier molecular flexibility index (Phi) is 3.91. The number of carbonyl (C=O) groups excluding carboxylic acids is 1. The summed E-state index contributed by atoms with van der Waals surface area (Å²) in [5.74, 6) is -0.746. The topological polar surface area (TPSA) is 64.1 Å². The van der Waals surface area contributed by atoms with Crippen LogP contribution in [0.3, 0.4) is 0 Å². The fourth-order valence-electron chi connectivity index (χ4n) is 1.34. The number of benzene rings is 1. The molecule has 2 rings (SSSR count). The first-order valence-corrected chi connectivity index (χ1v) is 5.60. The molecule has 7 heteroatoms. The second-order valence-electron chi connectivity index (χ2n) is 3.53. The van der Waals surface area contributed by atoms with E-state index >= 15 is 0 Å². The molecule has 0 fully saturated rings. The van der Waals surface area contributed by atoms with E-state index in [1.165, 1.54) is 37.7 Å². The van der Waals surface area contributed by atoms with Gasteiger partial charge in [0.1, 0.15) is 17.8 Å². The van der Waals surface area contributed by atoms with Gasteiger partial charge in [-0.2, -0.15) is 0 Å². The minimum absolute atomic E-state index is 0.0712. The summed E-state index contributed by atoms with van der Waals surface area (Å²) >= 11 is 5.62. The van der Waals surface area contributed by atoms with E-state index in [4.69, 9.17) is 16.3 Å². The number of hydrogen-bond donors (Lipinski definition) is 1. The summed E-state index contributed by atoms with van der Waals surface area (Å²) in [6.07, 6.45) is 1.21. The van der Waals surface area contributed by atoms with E-state index in [0.29, 0.717) is 5.69 Å². The van der Waals surface area contributed by atoms with Gasteiger partial charge in [0, 0.05) is 11.8 Å². The number of nitrogens with one attached hydrogen (secondary N) is 1. The molecule has 0 atom stereocenters. The molecule has 1 aromatic heterocycles. The maximum absolute atomic E-state index is 13.0. The van der Waals surface area contributed by atoms with Crippen molar-refractivity contribution < 1.29 is 13.9 Å². The van der Waals surface area contributed by atoms with Gasteiger partial charge in [0.05, 0.1) is 12.1 Å². The summed E-state index contributed by atoms with van der Waals surface area (Å²) in [7, 11) is 1.43. The van der Waals surface area contributed by atoms with Crippen LogP contribution < -0.4 is 10.1 Å². The summed E-state index contributed by atoms with van der Waals surface area (Å²) in [5.41, 5.74) is 0.501. The predicted octanol–water partition coefficient (Wildman–Crippen LogP) is 2.53. The number of amides is 1. The third-order valence-corrected chi connectivity index (χ3v) is 2.55. The van der Waals surface area contributed by atoms with Crippen molar-refractivity contribution in [1.82, 2.24) is 9.97 Å². The van der Waals surface area contributed by atoms with Crippen molar-refractivity contribution in [3.05, 3.63) is 47.1 Å². The molecule has 0 aliphatic heterocycles. The molecule has 0 saturated heterocycles. The molecule has 5 nitrogen and oxygen atoms in total. The SMILES string of the molecule is COc1cc(C(=O)Nc2ccc(F)c(Cl)c2)ncn1. The van der Waals surface area contributed by atoms with E-state index in [1.807, 2.05) is 0 Å². The van der Waals surface area contributed by atoms with Crippen molar-refractivity contribution in [2.75, 3.05) is 12.4 Å². The molecule has 0 aliphatic carbocycles. The molecule has 98 valence electrons. The van der Waals surface area contributed by atoms with Crippen LogP contribution in [-0.4, -0.2) is 23.0 Å². The summed E-state index contributed by atoms with van der Waals surface area (Å²) in [6.45, 7) is 0. The highest BCUT2D eigenvalue weighted by atomic mass is 35.5. The second kappa shape index (κ2) is 5.62. The number of carbonyl (C=O) groups is 1. The van der Waals surface area contributed by atoms with Crippen molar-refractivity contribution in [3.8, 4) is 5.88 Å². The molecule has 0 spiro atoms. The summed E-state index contributed by atoms with van der Waals surface area (Å²) in [4.78, 5) is 19.5. The third-order valence-electron chi connectivity index (χ3n) is 2.26. The highest BCUT2D eigenvalue weighted by Gasteiger charge is 2.10.